The van der Waals surface area contributed by atoms with E-state index in [1.807, 2.05) is 0 Å². The smallest absolute Gasteiger partial charge is 0.744 e. The number of carbonyl (C=O) groups is 3. The molecule has 0 aliphatic rings. The van der Waals surface area contributed by atoms with Gasteiger partial charge in [-0.25, -0.2) is 8.42 Å². The molecule has 10 nitrogen and oxygen atoms in total. The molecule has 0 saturated heterocycles. The van der Waals surface area contributed by atoms with E-state index in [0.29, 0.717) is 0 Å². The Labute approximate surface area is 269 Å². The van der Waals surface area contributed by atoms with Crippen LogP contribution >= 0.6 is 0 Å². The third-order valence-corrected chi connectivity index (χ3v) is 5.14. The Kier molecular flexibility index (Phi) is 22.8. The molecule has 4 unspecified atom stereocenters. The Hall–Kier alpha value is 1.47. The van der Waals surface area contributed by atoms with E-state index in [4.69, 9.17) is 0 Å². The minimum Gasteiger partial charge on any atom is -0.744 e. The predicted molar refractivity (Wildman–Crippen MR) is 81.0 cm³/mol. The van der Waals surface area contributed by atoms with Crippen molar-refractivity contribution < 1.29 is 161 Å². The van der Waals surface area contributed by atoms with E-state index in [2.05, 4.69) is 4.98 Å². The van der Waals surface area contributed by atoms with Gasteiger partial charge in [-0.15, -0.1) is 0 Å². The van der Waals surface area contributed by atoms with E-state index >= 15 is 0 Å². The average Bonchev–Trinajstić information content (AvgIpc) is 2.56. The summed E-state index contributed by atoms with van der Waals surface area (Å²) < 4.78 is 32.9. The molecule has 1 rings (SSSR count). The maximum Gasteiger partial charge on any atom is 1.00 e. The van der Waals surface area contributed by atoms with Crippen LogP contribution in [0.2, 0.25) is 0 Å². The SMILES string of the molecule is CCC(c1ccc(S(=O)(=O)[O-])cn1)C(C(=O)[O-])C(CC(C)C(=O)[O-])C(=O)[O-].[Na+].[Na+].[Na+].[Na+]. The Morgan fingerprint density at radius 2 is 1.48 bits per heavy atom. The molecule has 1 heterocycles. The van der Waals surface area contributed by atoms with Gasteiger partial charge in [0.15, 0.2) is 0 Å². The number of hydrogen-bond donors (Lipinski definition) is 0. The Morgan fingerprint density at radius 1 is 0.968 bits per heavy atom. The molecule has 1 aromatic rings. The van der Waals surface area contributed by atoms with Crippen LogP contribution in [0.25, 0.3) is 0 Å². The van der Waals surface area contributed by atoms with E-state index < -0.39 is 63.0 Å². The number of carboxylic acid groups (broad SMARTS) is 3. The standard InChI is InChI=1S/C16H21NO9S.4Na/c1-3-10(12-5-4-9(7-17-12)27(24,25)26)13(16(22)23)11(15(20)21)6-8(2)14(18)19;;;;/h4-5,7-8,10-11,13H,3,6H2,1-2H3,(H,18,19)(H,20,21)(H,22,23)(H,24,25,26);;;;/q;4*+1/p-4. The molecule has 15 heteroatoms. The molecule has 0 radical (unpaired) electrons. The maximum absolute atomic E-state index is 11.7. The molecule has 0 N–H and O–H groups in total. The molecule has 31 heavy (non-hydrogen) atoms. The molecule has 0 bridgehead atoms. The van der Waals surface area contributed by atoms with Crippen molar-refractivity contribution >= 4 is 28.0 Å². The zero-order valence-electron chi connectivity index (χ0n) is 18.5. The van der Waals surface area contributed by atoms with E-state index in [9.17, 15) is 42.7 Å². The van der Waals surface area contributed by atoms with Crippen LogP contribution in [-0.4, -0.2) is 35.9 Å². The molecule has 0 saturated carbocycles. The van der Waals surface area contributed by atoms with Crippen LogP contribution in [0.3, 0.4) is 0 Å². The van der Waals surface area contributed by atoms with Gasteiger partial charge in [-0.05, 0) is 30.9 Å². The van der Waals surface area contributed by atoms with Gasteiger partial charge >= 0.3 is 118 Å². The van der Waals surface area contributed by atoms with Crippen LogP contribution in [0.15, 0.2) is 23.2 Å². The van der Waals surface area contributed by atoms with E-state index in [-0.39, 0.29) is 130 Å². The Balaban J connectivity index is -0.000000911. The summed E-state index contributed by atoms with van der Waals surface area (Å²) in [4.78, 5) is 37.2. The summed E-state index contributed by atoms with van der Waals surface area (Å²) in [7, 11) is -4.76. The fourth-order valence-electron chi connectivity index (χ4n) is 2.88. The number of pyridine rings is 1. The van der Waals surface area contributed by atoms with Crippen LogP contribution in [0.4, 0.5) is 0 Å². The van der Waals surface area contributed by atoms with Crippen molar-refractivity contribution in [3.05, 3.63) is 24.0 Å². The molecule has 0 aromatic carbocycles. The monoisotopic (exact) mass is 491 g/mol. The molecule has 4 atom stereocenters. The molecule has 1 aromatic heterocycles. The van der Waals surface area contributed by atoms with Crippen molar-refractivity contribution in [2.24, 2.45) is 17.8 Å². The van der Waals surface area contributed by atoms with E-state index in [1.54, 1.807) is 0 Å². The molecule has 0 amide bonds. The van der Waals surface area contributed by atoms with Gasteiger partial charge in [0.25, 0.3) is 0 Å². The molecular weight excluding hydrogens is 474 g/mol. The van der Waals surface area contributed by atoms with Crippen LogP contribution in [0.5, 0.6) is 0 Å². The Bertz CT molecular complexity index is 821. The minimum absolute atomic E-state index is 0. The predicted octanol–water partition coefficient (Wildman–Crippen LogP) is -15.0. The quantitative estimate of drug-likeness (QED) is 0.224. The first-order valence-corrected chi connectivity index (χ1v) is 9.35. The van der Waals surface area contributed by atoms with Gasteiger partial charge in [-0.2, -0.15) is 0 Å². The van der Waals surface area contributed by atoms with E-state index in [0.717, 1.165) is 18.3 Å². The number of hydrogen-bond acceptors (Lipinski definition) is 10. The van der Waals surface area contributed by atoms with Crippen LogP contribution in [0, 0.1) is 17.8 Å². The molecule has 0 aliphatic carbocycles. The van der Waals surface area contributed by atoms with Crippen molar-refractivity contribution in [2.75, 3.05) is 0 Å². The first-order valence-electron chi connectivity index (χ1n) is 7.94. The van der Waals surface area contributed by atoms with Crippen molar-refractivity contribution in [1.29, 1.82) is 0 Å². The number of aliphatic carboxylic acids is 3. The minimum atomic E-state index is -4.76. The number of rotatable bonds is 10. The van der Waals surface area contributed by atoms with Crippen LogP contribution in [0.1, 0.15) is 38.3 Å². The van der Waals surface area contributed by atoms with E-state index in [1.165, 1.54) is 13.8 Å². The van der Waals surface area contributed by atoms with Crippen molar-refractivity contribution in [3.63, 3.8) is 0 Å². The number of nitrogens with zero attached hydrogens (tertiary/aromatic N) is 1. The summed E-state index contributed by atoms with van der Waals surface area (Å²) in [5, 5.41) is 34.0. The third kappa shape index (κ3) is 12.1. The topological polar surface area (TPSA) is 190 Å². The van der Waals surface area contributed by atoms with Crippen LogP contribution < -0.4 is 134 Å². The summed E-state index contributed by atoms with van der Waals surface area (Å²) in [6.07, 6.45) is 0.246. The van der Waals surface area contributed by atoms with Gasteiger partial charge in [0.1, 0.15) is 10.1 Å². The molecule has 0 fully saturated rings. The van der Waals surface area contributed by atoms with Gasteiger partial charge in [0, 0.05) is 47.6 Å². The molecular formula is C16H17NNa4O9S. The fraction of sp³-hybridized carbons (Fsp3) is 0.500. The molecule has 0 spiro atoms. The Morgan fingerprint density at radius 3 is 1.77 bits per heavy atom. The second-order valence-corrected chi connectivity index (χ2v) is 7.49. The first-order chi connectivity index (χ1) is 12.4. The van der Waals surface area contributed by atoms with Gasteiger partial charge in [0.2, 0.25) is 0 Å². The van der Waals surface area contributed by atoms with Crippen molar-refractivity contribution in [2.45, 2.75) is 37.5 Å². The zero-order chi connectivity index (χ0) is 20.9. The fourth-order valence-corrected chi connectivity index (χ4v) is 3.30. The average molecular weight is 491 g/mol. The largest absolute Gasteiger partial charge is 1.00 e. The summed E-state index contributed by atoms with van der Waals surface area (Å²) in [5.74, 6) is -10.8. The zero-order valence-corrected chi connectivity index (χ0v) is 27.3. The normalized spacial score (nSPS) is 14.0. The van der Waals surface area contributed by atoms with Crippen LogP contribution in [-0.2, 0) is 24.5 Å². The van der Waals surface area contributed by atoms with Crippen molar-refractivity contribution in [1.82, 2.24) is 4.98 Å². The number of carbonyl (C=O) groups excluding carboxylic acids is 3. The number of aromatic nitrogens is 1. The maximum atomic E-state index is 11.7. The van der Waals surface area contributed by atoms with Crippen molar-refractivity contribution in [3.8, 4) is 0 Å². The molecule has 0 aliphatic heterocycles. The third-order valence-electron chi connectivity index (χ3n) is 4.32. The van der Waals surface area contributed by atoms with Gasteiger partial charge in [-0.1, -0.05) is 13.8 Å². The second kappa shape index (κ2) is 17.8. The van der Waals surface area contributed by atoms with Gasteiger partial charge < -0.3 is 34.3 Å². The first kappa shape index (κ1) is 39.7. The summed E-state index contributed by atoms with van der Waals surface area (Å²) in [6.45, 7) is 2.71. The summed E-state index contributed by atoms with van der Waals surface area (Å²) >= 11 is 0. The van der Waals surface area contributed by atoms with Gasteiger partial charge in [0.05, 0.1) is 4.90 Å². The second-order valence-electron chi connectivity index (χ2n) is 6.11. The number of carboxylic acids is 3. The summed E-state index contributed by atoms with van der Waals surface area (Å²) in [5.41, 5.74) is 0.0199. The molecule has 150 valence electrons. The van der Waals surface area contributed by atoms with Gasteiger partial charge in [-0.3, -0.25) is 4.98 Å². The summed E-state index contributed by atoms with van der Waals surface area (Å²) in [6, 6.07) is 2.03.